The van der Waals surface area contributed by atoms with Crippen LogP contribution in [0.2, 0.25) is 0 Å². The zero-order chi connectivity index (χ0) is 18.1. The summed E-state index contributed by atoms with van der Waals surface area (Å²) < 4.78 is 5.32. The van der Waals surface area contributed by atoms with Gasteiger partial charge in [0.05, 0.1) is 12.8 Å². The van der Waals surface area contributed by atoms with Crippen molar-refractivity contribution in [2.75, 3.05) is 25.6 Å². The fraction of sp³-hybridized carbons (Fsp3) is 0.474. The number of benzene rings is 1. The van der Waals surface area contributed by atoms with E-state index < -0.39 is 0 Å². The summed E-state index contributed by atoms with van der Waals surface area (Å²) in [4.78, 5) is 21.6. The van der Waals surface area contributed by atoms with E-state index in [2.05, 4.69) is 18.7 Å². The molecule has 1 aliphatic rings. The molecule has 0 N–H and O–H groups in total. The first kappa shape index (κ1) is 17.7. The van der Waals surface area contributed by atoms with Crippen LogP contribution in [0.4, 0.5) is 5.00 Å². The van der Waals surface area contributed by atoms with Crippen molar-refractivity contribution >= 4 is 22.2 Å². The number of fused-ring (bicyclic) bond motifs is 1. The number of anilines is 1. The lowest BCUT2D eigenvalue weighted by Crippen LogP contribution is -2.48. The van der Waals surface area contributed by atoms with Gasteiger partial charge >= 0.3 is 0 Å². The Morgan fingerprint density at radius 1 is 1.48 bits per heavy atom. The lowest BCUT2D eigenvalue weighted by Gasteiger charge is -2.32. The number of ether oxygens (including phenoxy) is 1. The Morgan fingerprint density at radius 3 is 2.88 bits per heavy atom. The minimum atomic E-state index is -0.141. The third kappa shape index (κ3) is 3.23. The first-order chi connectivity index (χ1) is 12.0. The van der Waals surface area contributed by atoms with E-state index in [0.29, 0.717) is 6.42 Å². The molecule has 0 saturated heterocycles. The van der Waals surface area contributed by atoms with Gasteiger partial charge in [-0.3, -0.25) is 4.79 Å². The predicted octanol–water partition coefficient (Wildman–Crippen LogP) is 3.44. The summed E-state index contributed by atoms with van der Waals surface area (Å²) in [5.74, 6) is 0.996. The smallest absolute Gasteiger partial charge is 0.245 e. The Balaban J connectivity index is 1.94. The second kappa shape index (κ2) is 7.04. The molecule has 0 aliphatic carbocycles. The van der Waals surface area contributed by atoms with Crippen LogP contribution in [0, 0.1) is 0 Å². The molecule has 0 saturated carbocycles. The van der Waals surface area contributed by atoms with Gasteiger partial charge in [-0.15, -0.1) is 0 Å². The number of methoxy groups -OCH3 is 1. The van der Waals surface area contributed by atoms with Gasteiger partial charge in [-0.2, -0.15) is 0 Å². The van der Waals surface area contributed by atoms with Crippen LogP contribution in [0.5, 0.6) is 5.75 Å². The van der Waals surface area contributed by atoms with Gasteiger partial charge in [0.15, 0.2) is 0 Å². The number of thiazole rings is 1. The quantitative estimate of drug-likeness (QED) is 0.820. The van der Waals surface area contributed by atoms with Crippen LogP contribution < -0.4 is 9.64 Å². The fourth-order valence-electron chi connectivity index (χ4n) is 3.19. The van der Waals surface area contributed by atoms with Crippen molar-refractivity contribution in [3.63, 3.8) is 0 Å². The van der Waals surface area contributed by atoms with Crippen LogP contribution in [-0.4, -0.2) is 48.6 Å². The molecular weight excluding hydrogens is 334 g/mol. The maximum atomic E-state index is 12.7. The number of carbonyl (C=O) groups is 1. The zero-order valence-corrected chi connectivity index (χ0v) is 16.3. The topological polar surface area (TPSA) is 45.7 Å². The van der Waals surface area contributed by atoms with Crippen LogP contribution in [0.3, 0.4) is 0 Å². The molecule has 1 aromatic carbocycles. The molecule has 0 unspecified atom stereocenters. The van der Waals surface area contributed by atoms with Crippen molar-refractivity contribution in [3.05, 3.63) is 30.0 Å². The average molecular weight is 359 g/mol. The van der Waals surface area contributed by atoms with E-state index in [1.807, 2.05) is 38.2 Å². The lowest BCUT2D eigenvalue weighted by atomic mass is 10.1. The van der Waals surface area contributed by atoms with Crippen molar-refractivity contribution in [2.24, 2.45) is 0 Å². The van der Waals surface area contributed by atoms with Gasteiger partial charge in [-0.1, -0.05) is 23.5 Å². The highest BCUT2D eigenvalue weighted by molar-refractivity contribution is 7.19. The summed E-state index contributed by atoms with van der Waals surface area (Å²) in [5, 5.41) is 2.10. The van der Waals surface area contributed by atoms with E-state index in [-0.39, 0.29) is 18.0 Å². The molecule has 1 aliphatic heterocycles. The third-order valence-electron chi connectivity index (χ3n) is 4.64. The Kier molecular flexibility index (Phi) is 4.99. The number of aromatic nitrogens is 1. The molecular formula is C19H25N3O2S. The second-order valence-electron chi connectivity index (χ2n) is 6.58. The maximum Gasteiger partial charge on any atom is 0.245 e. The van der Waals surface area contributed by atoms with E-state index >= 15 is 0 Å². The molecule has 134 valence electrons. The number of hydrogen-bond donors (Lipinski definition) is 0. The molecule has 0 fully saturated rings. The van der Waals surface area contributed by atoms with Gasteiger partial charge in [-0.05, 0) is 32.9 Å². The molecule has 6 heteroatoms. The van der Waals surface area contributed by atoms with E-state index in [1.165, 1.54) is 0 Å². The summed E-state index contributed by atoms with van der Waals surface area (Å²) in [5.41, 5.74) is 2.08. The highest BCUT2D eigenvalue weighted by atomic mass is 32.1. The van der Waals surface area contributed by atoms with Crippen LogP contribution in [-0.2, 0) is 11.2 Å². The summed E-state index contributed by atoms with van der Waals surface area (Å²) >= 11 is 1.66. The largest absolute Gasteiger partial charge is 0.497 e. The molecule has 1 aromatic heterocycles. The van der Waals surface area contributed by atoms with Gasteiger partial charge in [0.1, 0.15) is 21.8 Å². The first-order valence-electron chi connectivity index (χ1n) is 8.63. The summed E-state index contributed by atoms with van der Waals surface area (Å²) in [6.07, 6.45) is 0.678. The van der Waals surface area contributed by atoms with Crippen molar-refractivity contribution in [1.29, 1.82) is 0 Å². The van der Waals surface area contributed by atoms with E-state index in [9.17, 15) is 4.79 Å². The number of likely N-dealkylation sites (N-methyl/N-ethyl adjacent to an activating group) is 1. The number of carbonyl (C=O) groups excluding carboxylic acids is 1. The molecule has 2 aromatic rings. The summed E-state index contributed by atoms with van der Waals surface area (Å²) in [6.45, 7) is 6.98. The van der Waals surface area contributed by atoms with E-state index in [4.69, 9.17) is 9.72 Å². The van der Waals surface area contributed by atoms with E-state index in [0.717, 1.165) is 33.6 Å². The standard InChI is InChI=1S/C19H25N3O2S/c1-6-21(4)18(23)16-11-15-19(22(16)12(2)3)25-17(20-15)13-8-7-9-14(10-13)24-5/h7-10,12,16H,6,11H2,1-5H3/t16-/m0/s1. The molecule has 3 rings (SSSR count). The van der Waals surface area contributed by atoms with E-state index in [1.54, 1.807) is 23.3 Å². The first-order valence-corrected chi connectivity index (χ1v) is 9.45. The highest BCUT2D eigenvalue weighted by Crippen LogP contribution is 2.42. The van der Waals surface area contributed by atoms with Crippen LogP contribution in [0.25, 0.3) is 10.6 Å². The summed E-state index contributed by atoms with van der Waals surface area (Å²) in [6, 6.07) is 8.06. The normalized spacial score (nSPS) is 16.2. The third-order valence-corrected chi connectivity index (χ3v) is 5.80. The van der Waals surface area contributed by atoms with Gasteiger partial charge < -0.3 is 14.5 Å². The van der Waals surface area contributed by atoms with Gasteiger partial charge in [0.2, 0.25) is 5.91 Å². The Bertz CT molecular complexity index is 772. The zero-order valence-electron chi connectivity index (χ0n) is 15.4. The molecule has 2 heterocycles. The fourth-order valence-corrected chi connectivity index (χ4v) is 4.47. The molecule has 0 radical (unpaired) electrons. The molecule has 0 spiro atoms. The number of hydrogen-bond acceptors (Lipinski definition) is 5. The Labute approximate surface area is 153 Å². The highest BCUT2D eigenvalue weighted by Gasteiger charge is 2.39. The average Bonchev–Trinajstić information content (AvgIpc) is 3.17. The molecule has 25 heavy (non-hydrogen) atoms. The maximum absolute atomic E-state index is 12.7. The molecule has 0 bridgehead atoms. The minimum Gasteiger partial charge on any atom is -0.497 e. The van der Waals surface area contributed by atoms with Crippen LogP contribution in [0.1, 0.15) is 26.5 Å². The Morgan fingerprint density at radius 2 is 2.24 bits per heavy atom. The van der Waals surface area contributed by atoms with Crippen LogP contribution >= 0.6 is 11.3 Å². The van der Waals surface area contributed by atoms with Crippen LogP contribution in [0.15, 0.2) is 24.3 Å². The number of amides is 1. The lowest BCUT2D eigenvalue weighted by molar-refractivity contribution is -0.131. The summed E-state index contributed by atoms with van der Waals surface area (Å²) in [7, 11) is 3.53. The van der Waals surface area contributed by atoms with Gasteiger partial charge in [-0.25, -0.2) is 4.98 Å². The molecule has 1 atom stereocenters. The number of nitrogens with zero attached hydrogens (tertiary/aromatic N) is 3. The Hall–Kier alpha value is -2.08. The van der Waals surface area contributed by atoms with Gasteiger partial charge in [0.25, 0.3) is 0 Å². The van der Waals surface area contributed by atoms with Crippen molar-refractivity contribution in [1.82, 2.24) is 9.88 Å². The monoisotopic (exact) mass is 359 g/mol. The second-order valence-corrected chi connectivity index (χ2v) is 7.55. The SMILES string of the molecule is CCN(C)C(=O)[C@@H]1Cc2nc(-c3cccc(OC)c3)sc2N1C(C)C. The predicted molar refractivity (Wildman–Crippen MR) is 103 cm³/mol. The van der Waals surface area contributed by atoms with Crippen molar-refractivity contribution in [2.45, 2.75) is 39.3 Å². The molecule has 5 nitrogen and oxygen atoms in total. The van der Waals surface area contributed by atoms with Gasteiger partial charge in [0, 0.05) is 31.6 Å². The molecule has 1 amide bonds. The van der Waals surface area contributed by atoms with Crippen molar-refractivity contribution < 1.29 is 9.53 Å². The number of rotatable bonds is 5. The minimum absolute atomic E-state index is 0.141. The van der Waals surface area contributed by atoms with Crippen molar-refractivity contribution in [3.8, 4) is 16.3 Å².